The molecule has 0 spiro atoms. The first-order valence-corrected chi connectivity index (χ1v) is 10.5. The van der Waals surface area contributed by atoms with Gasteiger partial charge in [0.05, 0.1) is 11.4 Å². The van der Waals surface area contributed by atoms with Crippen LogP contribution in [0.15, 0.2) is 65.5 Å². The number of nitrogens with one attached hydrogen (secondary N) is 1. The van der Waals surface area contributed by atoms with Crippen LogP contribution >= 0.6 is 0 Å². The molecule has 6 heteroatoms. The quantitative estimate of drug-likeness (QED) is 0.469. The molecule has 0 saturated heterocycles. The van der Waals surface area contributed by atoms with Gasteiger partial charge in [0.15, 0.2) is 5.65 Å². The molecule has 2 heterocycles. The van der Waals surface area contributed by atoms with Gasteiger partial charge in [-0.15, -0.1) is 0 Å². The molecule has 1 N–H and O–H groups in total. The Morgan fingerprint density at radius 1 is 1.06 bits per heavy atom. The van der Waals surface area contributed by atoms with Crippen LogP contribution in [0.5, 0.6) is 0 Å². The Bertz CT molecular complexity index is 1240. The van der Waals surface area contributed by atoms with Crippen molar-refractivity contribution in [2.24, 2.45) is 5.92 Å². The third kappa shape index (κ3) is 5.09. The number of hydrogen-bond acceptors (Lipinski definition) is 3. The highest BCUT2D eigenvalue weighted by atomic mass is 19.1. The van der Waals surface area contributed by atoms with Crippen molar-refractivity contribution >= 4 is 5.65 Å². The molecule has 2 aromatic carbocycles. The Morgan fingerprint density at radius 3 is 2.55 bits per heavy atom. The lowest BCUT2D eigenvalue weighted by Crippen LogP contribution is -2.28. The lowest BCUT2D eigenvalue weighted by Gasteiger charge is -2.24. The summed E-state index contributed by atoms with van der Waals surface area (Å²) in [5.74, 6) is 0.210. The second-order valence-electron chi connectivity index (χ2n) is 8.51. The van der Waals surface area contributed by atoms with Gasteiger partial charge in [-0.1, -0.05) is 49.7 Å². The van der Waals surface area contributed by atoms with Crippen molar-refractivity contribution in [1.29, 1.82) is 0 Å². The zero-order valence-electron chi connectivity index (χ0n) is 18.1. The van der Waals surface area contributed by atoms with Crippen molar-refractivity contribution in [3.05, 3.63) is 93.7 Å². The Kier molecular flexibility index (Phi) is 6.00. The zero-order valence-corrected chi connectivity index (χ0v) is 18.1. The standard InChI is InChI=1S/C25H27FN4O/c1-17(2)14-29(15-19-7-9-21(26)10-8-19)16-22-12-25(31)30-24(27-22)13-23(28-30)20-6-4-5-18(3)11-20/h4-13,17,28H,14-16H2,1-3H3. The van der Waals surface area contributed by atoms with E-state index in [1.807, 2.05) is 31.2 Å². The molecule has 0 aliphatic rings. The van der Waals surface area contributed by atoms with E-state index >= 15 is 0 Å². The van der Waals surface area contributed by atoms with E-state index in [4.69, 9.17) is 4.98 Å². The average molecular weight is 419 g/mol. The van der Waals surface area contributed by atoms with Crippen molar-refractivity contribution in [1.82, 2.24) is 19.5 Å². The molecule has 0 unspecified atom stereocenters. The summed E-state index contributed by atoms with van der Waals surface area (Å²) in [5.41, 5.74) is 5.25. The topological polar surface area (TPSA) is 53.4 Å². The van der Waals surface area contributed by atoms with Crippen LogP contribution < -0.4 is 5.56 Å². The van der Waals surface area contributed by atoms with E-state index in [9.17, 15) is 9.18 Å². The number of benzene rings is 2. The van der Waals surface area contributed by atoms with Gasteiger partial charge in [-0.3, -0.25) is 14.8 Å². The highest BCUT2D eigenvalue weighted by Crippen LogP contribution is 2.20. The molecule has 0 saturated carbocycles. The van der Waals surface area contributed by atoms with Gasteiger partial charge in [-0.05, 0) is 42.2 Å². The van der Waals surface area contributed by atoms with Crippen LogP contribution in [0.2, 0.25) is 0 Å². The lowest BCUT2D eigenvalue weighted by atomic mass is 10.1. The van der Waals surface area contributed by atoms with E-state index in [2.05, 4.69) is 29.9 Å². The molecule has 0 radical (unpaired) electrons. The van der Waals surface area contributed by atoms with Gasteiger partial charge < -0.3 is 0 Å². The van der Waals surface area contributed by atoms with Crippen LogP contribution in [0.3, 0.4) is 0 Å². The minimum absolute atomic E-state index is 0.134. The van der Waals surface area contributed by atoms with Crippen molar-refractivity contribution in [2.75, 3.05) is 6.54 Å². The molecule has 4 rings (SSSR count). The van der Waals surface area contributed by atoms with E-state index in [1.165, 1.54) is 16.6 Å². The Balaban J connectivity index is 1.62. The summed E-state index contributed by atoms with van der Waals surface area (Å²) in [5, 5.41) is 3.16. The number of halogens is 1. The van der Waals surface area contributed by atoms with Gasteiger partial charge in [0.2, 0.25) is 0 Å². The van der Waals surface area contributed by atoms with Crippen LogP contribution in [0.1, 0.15) is 30.7 Å². The number of aromatic amines is 1. The molecule has 0 aliphatic carbocycles. The molecular formula is C25H27FN4O. The number of rotatable bonds is 7. The minimum Gasteiger partial charge on any atom is -0.293 e. The second-order valence-corrected chi connectivity index (χ2v) is 8.51. The van der Waals surface area contributed by atoms with Gasteiger partial charge in [0.1, 0.15) is 5.82 Å². The molecule has 0 atom stereocenters. The van der Waals surface area contributed by atoms with Gasteiger partial charge >= 0.3 is 0 Å². The van der Waals surface area contributed by atoms with Gasteiger partial charge in [0, 0.05) is 31.8 Å². The number of hydrogen-bond donors (Lipinski definition) is 1. The monoisotopic (exact) mass is 418 g/mol. The Morgan fingerprint density at radius 2 is 1.84 bits per heavy atom. The van der Waals surface area contributed by atoms with Gasteiger partial charge in [-0.2, -0.15) is 0 Å². The predicted octanol–water partition coefficient (Wildman–Crippen LogP) is 4.80. The van der Waals surface area contributed by atoms with E-state index < -0.39 is 0 Å². The number of aryl methyl sites for hydroxylation is 1. The predicted molar refractivity (Wildman–Crippen MR) is 121 cm³/mol. The molecule has 0 fully saturated rings. The molecule has 2 aromatic heterocycles. The summed E-state index contributed by atoms with van der Waals surface area (Å²) in [7, 11) is 0. The fourth-order valence-electron chi connectivity index (χ4n) is 3.86. The van der Waals surface area contributed by atoms with Crippen LogP contribution in [0, 0.1) is 18.7 Å². The maximum absolute atomic E-state index is 13.3. The van der Waals surface area contributed by atoms with Crippen molar-refractivity contribution in [3.63, 3.8) is 0 Å². The van der Waals surface area contributed by atoms with E-state index in [1.54, 1.807) is 18.2 Å². The molecule has 4 aromatic rings. The first-order valence-electron chi connectivity index (χ1n) is 10.5. The SMILES string of the molecule is Cc1cccc(-c2cc3nc(CN(Cc4ccc(F)cc4)CC(C)C)cc(=O)n3[nH]2)c1. The first-order chi connectivity index (χ1) is 14.9. The fourth-order valence-corrected chi connectivity index (χ4v) is 3.86. The molecule has 0 aliphatic heterocycles. The maximum Gasteiger partial charge on any atom is 0.272 e. The molecular weight excluding hydrogens is 391 g/mol. The van der Waals surface area contributed by atoms with E-state index in [0.29, 0.717) is 24.7 Å². The van der Waals surface area contributed by atoms with E-state index in [0.717, 1.165) is 34.6 Å². The number of fused-ring (bicyclic) bond motifs is 1. The Hall–Kier alpha value is -3.25. The average Bonchev–Trinajstić information content (AvgIpc) is 3.14. The lowest BCUT2D eigenvalue weighted by molar-refractivity contribution is 0.225. The van der Waals surface area contributed by atoms with Crippen LogP contribution in [0.25, 0.3) is 16.9 Å². The number of H-pyrrole nitrogens is 1. The largest absolute Gasteiger partial charge is 0.293 e. The van der Waals surface area contributed by atoms with Gasteiger partial charge in [-0.25, -0.2) is 13.9 Å². The molecule has 5 nitrogen and oxygen atoms in total. The number of nitrogens with zero attached hydrogens (tertiary/aromatic N) is 3. The molecule has 0 amide bonds. The molecule has 0 bridgehead atoms. The summed E-state index contributed by atoms with van der Waals surface area (Å²) in [6.07, 6.45) is 0. The zero-order chi connectivity index (χ0) is 22.0. The molecule has 31 heavy (non-hydrogen) atoms. The van der Waals surface area contributed by atoms with Crippen molar-refractivity contribution in [2.45, 2.75) is 33.9 Å². The summed E-state index contributed by atoms with van der Waals surface area (Å²) in [6.45, 7) is 8.42. The van der Waals surface area contributed by atoms with Crippen LogP contribution in [-0.4, -0.2) is 26.0 Å². The third-order valence-corrected chi connectivity index (χ3v) is 5.16. The summed E-state index contributed by atoms with van der Waals surface area (Å²) in [6, 6.07) is 18.2. The number of aromatic nitrogens is 3. The van der Waals surface area contributed by atoms with Crippen LogP contribution in [-0.2, 0) is 13.1 Å². The molecule has 160 valence electrons. The maximum atomic E-state index is 13.3. The van der Waals surface area contributed by atoms with E-state index in [-0.39, 0.29) is 11.4 Å². The van der Waals surface area contributed by atoms with Crippen molar-refractivity contribution < 1.29 is 4.39 Å². The highest BCUT2D eigenvalue weighted by molar-refractivity contribution is 5.64. The normalized spacial score (nSPS) is 11.7. The summed E-state index contributed by atoms with van der Waals surface area (Å²) >= 11 is 0. The van der Waals surface area contributed by atoms with Crippen molar-refractivity contribution in [3.8, 4) is 11.3 Å². The summed E-state index contributed by atoms with van der Waals surface area (Å²) in [4.78, 5) is 19.7. The third-order valence-electron chi connectivity index (χ3n) is 5.16. The Labute approximate surface area is 181 Å². The minimum atomic E-state index is -0.240. The highest BCUT2D eigenvalue weighted by Gasteiger charge is 2.13. The first kappa shape index (κ1) is 21.0. The van der Waals surface area contributed by atoms with Gasteiger partial charge in [0.25, 0.3) is 5.56 Å². The fraction of sp³-hybridized carbons (Fsp3) is 0.280. The second kappa shape index (κ2) is 8.86. The smallest absolute Gasteiger partial charge is 0.272 e. The summed E-state index contributed by atoms with van der Waals surface area (Å²) < 4.78 is 14.7. The van der Waals surface area contributed by atoms with Crippen LogP contribution in [0.4, 0.5) is 4.39 Å².